The maximum Gasteiger partial charge on any atom is 0.307 e. The van der Waals surface area contributed by atoms with E-state index >= 15 is 0 Å². The van der Waals surface area contributed by atoms with Crippen molar-refractivity contribution >= 4 is 18.2 Å². The summed E-state index contributed by atoms with van der Waals surface area (Å²) in [5.41, 5.74) is 2.65. The summed E-state index contributed by atoms with van der Waals surface area (Å²) in [5.74, 6) is -0.114. The predicted molar refractivity (Wildman–Crippen MR) is 89.7 cm³/mol. The fourth-order valence-corrected chi connectivity index (χ4v) is 2.69. The van der Waals surface area contributed by atoms with E-state index in [0.29, 0.717) is 11.3 Å². The molecule has 6 heteroatoms. The summed E-state index contributed by atoms with van der Waals surface area (Å²) in [6.07, 6.45) is -0.0119. The van der Waals surface area contributed by atoms with Gasteiger partial charge in [-0.1, -0.05) is 54.6 Å². The molecule has 0 unspecified atom stereocenters. The van der Waals surface area contributed by atoms with Crippen molar-refractivity contribution < 1.29 is 9.90 Å². The summed E-state index contributed by atoms with van der Waals surface area (Å²) in [6.45, 7) is 0.475. The Labute approximate surface area is 138 Å². The molecule has 116 valence electrons. The number of benzene rings is 2. The van der Waals surface area contributed by atoms with Crippen molar-refractivity contribution in [2.24, 2.45) is 0 Å². The number of carboxylic acids is 1. The molecule has 3 aromatic rings. The second-order valence-corrected chi connectivity index (χ2v) is 5.53. The number of nitrogens with one attached hydrogen (secondary N) is 1. The van der Waals surface area contributed by atoms with E-state index in [0.717, 1.165) is 22.5 Å². The standard InChI is InChI=1S/C17H15N3O2S/c21-15(22)10-13-8-4-5-9-14(13)11-20-16(18-19-17(20)23)12-6-2-1-3-7-12/h1-9H,10-11H2,(H,19,23)(H,21,22). The molecule has 1 aromatic heterocycles. The third-order valence-electron chi connectivity index (χ3n) is 3.58. The normalized spacial score (nSPS) is 10.6. The highest BCUT2D eigenvalue weighted by atomic mass is 32.1. The van der Waals surface area contributed by atoms with Crippen LogP contribution in [0.4, 0.5) is 0 Å². The Morgan fingerprint density at radius 1 is 1.09 bits per heavy atom. The number of aromatic nitrogens is 3. The minimum atomic E-state index is -0.850. The number of carbonyl (C=O) groups is 1. The quantitative estimate of drug-likeness (QED) is 0.706. The smallest absolute Gasteiger partial charge is 0.307 e. The Bertz CT molecular complexity index is 884. The number of hydrogen-bond acceptors (Lipinski definition) is 3. The van der Waals surface area contributed by atoms with Crippen LogP contribution in [0.5, 0.6) is 0 Å². The maximum absolute atomic E-state index is 11.0. The molecule has 3 rings (SSSR count). The summed E-state index contributed by atoms with van der Waals surface area (Å²) < 4.78 is 2.39. The van der Waals surface area contributed by atoms with Crippen LogP contribution < -0.4 is 0 Å². The minimum Gasteiger partial charge on any atom is -0.481 e. The number of H-pyrrole nitrogens is 1. The molecule has 0 aliphatic heterocycles. The van der Waals surface area contributed by atoms with Gasteiger partial charge in [-0.2, -0.15) is 5.10 Å². The van der Waals surface area contributed by atoms with E-state index in [-0.39, 0.29) is 6.42 Å². The molecule has 0 spiro atoms. The average Bonchev–Trinajstić information content (AvgIpc) is 2.91. The van der Waals surface area contributed by atoms with Crippen LogP contribution in [0.1, 0.15) is 11.1 Å². The number of nitrogens with zero attached hydrogens (tertiary/aromatic N) is 2. The molecule has 2 N–H and O–H groups in total. The summed E-state index contributed by atoms with van der Waals surface area (Å²) >= 11 is 5.33. The molecule has 0 amide bonds. The number of rotatable bonds is 5. The van der Waals surface area contributed by atoms with Gasteiger partial charge in [-0.05, 0) is 23.3 Å². The SMILES string of the molecule is O=C(O)Cc1ccccc1Cn1c(-c2ccccc2)n[nH]c1=S. The summed E-state index contributed by atoms with van der Waals surface area (Å²) in [7, 11) is 0. The Hall–Kier alpha value is -2.73. The van der Waals surface area contributed by atoms with E-state index in [2.05, 4.69) is 10.2 Å². The van der Waals surface area contributed by atoms with Gasteiger partial charge in [0.05, 0.1) is 13.0 Å². The van der Waals surface area contributed by atoms with Crippen LogP contribution in [-0.2, 0) is 17.8 Å². The van der Waals surface area contributed by atoms with Crippen molar-refractivity contribution in [3.05, 3.63) is 70.5 Å². The van der Waals surface area contributed by atoms with Crippen LogP contribution >= 0.6 is 12.2 Å². The van der Waals surface area contributed by atoms with Crippen LogP contribution in [0.3, 0.4) is 0 Å². The summed E-state index contributed by atoms with van der Waals surface area (Å²) in [6, 6.07) is 17.2. The van der Waals surface area contributed by atoms with E-state index in [1.807, 2.05) is 59.2 Å². The number of aliphatic carboxylic acids is 1. The van der Waals surface area contributed by atoms with Gasteiger partial charge in [0.2, 0.25) is 0 Å². The second kappa shape index (κ2) is 6.58. The van der Waals surface area contributed by atoms with Gasteiger partial charge in [-0.15, -0.1) is 0 Å². The van der Waals surface area contributed by atoms with Crippen LogP contribution in [0.15, 0.2) is 54.6 Å². The van der Waals surface area contributed by atoms with E-state index < -0.39 is 5.97 Å². The Morgan fingerprint density at radius 3 is 2.43 bits per heavy atom. The molecule has 0 radical (unpaired) electrons. The highest BCUT2D eigenvalue weighted by Crippen LogP contribution is 2.19. The maximum atomic E-state index is 11.0. The van der Waals surface area contributed by atoms with Gasteiger partial charge in [-0.25, -0.2) is 0 Å². The van der Waals surface area contributed by atoms with E-state index in [4.69, 9.17) is 17.3 Å². The van der Waals surface area contributed by atoms with E-state index in [1.165, 1.54) is 0 Å². The van der Waals surface area contributed by atoms with Gasteiger partial charge in [0, 0.05) is 5.56 Å². The van der Waals surface area contributed by atoms with Crippen LogP contribution in [-0.4, -0.2) is 25.8 Å². The highest BCUT2D eigenvalue weighted by Gasteiger charge is 2.12. The van der Waals surface area contributed by atoms with E-state index in [9.17, 15) is 4.79 Å². The van der Waals surface area contributed by atoms with Gasteiger partial charge < -0.3 is 5.11 Å². The van der Waals surface area contributed by atoms with Gasteiger partial charge in [0.15, 0.2) is 10.6 Å². The molecule has 0 saturated heterocycles. The lowest BCUT2D eigenvalue weighted by atomic mass is 10.0. The Morgan fingerprint density at radius 2 is 1.74 bits per heavy atom. The summed E-state index contributed by atoms with van der Waals surface area (Å²) in [4.78, 5) is 11.0. The average molecular weight is 325 g/mol. The molecular formula is C17H15N3O2S. The molecule has 2 aromatic carbocycles. The molecule has 0 atom stereocenters. The molecule has 1 heterocycles. The molecule has 0 fully saturated rings. The molecule has 0 aliphatic carbocycles. The first-order chi connectivity index (χ1) is 11.1. The second-order valence-electron chi connectivity index (χ2n) is 5.14. The minimum absolute atomic E-state index is 0.0119. The molecule has 0 aliphatic rings. The molecule has 5 nitrogen and oxygen atoms in total. The zero-order chi connectivity index (χ0) is 16.2. The monoisotopic (exact) mass is 325 g/mol. The third kappa shape index (κ3) is 3.37. The van der Waals surface area contributed by atoms with Crippen LogP contribution in [0.25, 0.3) is 11.4 Å². The number of hydrogen-bond donors (Lipinski definition) is 2. The van der Waals surface area contributed by atoms with Crippen molar-refractivity contribution in [1.29, 1.82) is 0 Å². The fraction of sp³-hybridized carbons (Fsp3) is 0.118. The van der Waals surface area contributed by atoms with Crippen LogP contribution in [0, 0.1) is 4.77 Å². The van der Waals surface area contributed by atoms with Gasteiger partial charge >= 0.3 is 5.97 Å². The fourth-order valence-electron chi connectivity index (χ4n) is 2.49. The topological polar surface area (TPSA) is 70.9 Å². The van der Waals surface area contributed by atoms with Gasteiger partial charge in [0.25, 0.3) is 0 Å². The molecular weight excluding hydrogens is 310 g/mol. The van der Waals surface area contributed by atoms with Crippen molar-refractivity contribution in [2.75, 3.05) is 0 Å². The van der Waals surface area contributed by atoms with Crippen molar-refractivity contribution in [1.82, 2.24) is 14.8 Å². The largest absolute Gasteiger partial charge is 0.481 e. The van der Waals surface area contributed by atoms with Gasteiger partial charge in [0.1, 0.15) is 0 Å². The first kappa shape index (κ1) is 15.2. The molecule has 0 saturated carbocycles. The Kier molecular flexibility index (Phi) is 4.34. The number of carboxylic acid groups (broad SMARTS) is 1. The van der Waals surface area contributed by atoms with E-state index in [1.54, 1.807) is 0 Å². The zero-order valence-electron chi connectivity index (χ0n) is 12.3. The highest BCUT2D eigenvalue weighted by molar-refractivity contribution is 7.71. The van der Waals surface area contributed by atoms with Crippen LogP contribution in [0.2, 0.25) is 0 Å². The third-order valence-corrected chi connectivity index (χ3v) is 3.89. The first-order valence-electron chi connectivity index (χ1n) is 7.14. The van der Waals surface area contributed by atoms with Crippen molar-refractivity contribution in [3.63, 3.8) is 0 Å². The zero-order valence-corrected chi connectivity index (χ0v) is 13.1. The lowest BCUT2D eigenvalue weighted by molar-refractivity contribution is -0.136. The van der Waals surface area contributed by atoms with Crippen molar-refractivity contribution in [3.8, 4) is 11.4 Å². The summed E-state index contributed by atoms with van der Waals surface area (Å²) in [5, 5.41) is 16.2. The lowest BCUT2D eigenvalue weighted by Gasteiger charge is -2.10. The lowest BCUT2D eigenvalue weighted by Crippen LogP contribution is -2.08. The van der Waals surface area contributed by atoms with Gasteiger partial charge in [-0.3, -0.25) is 14.5 Å². The molecule has 23 heavy (non-hydrogen) atoms. The first-order valence-corrected chi connectivity index (χ1v) is 7.55. The predicted octanol–water partition coefficient (Wildman–Crippen LogP) is 3.28. The van der Waals surface area contributed by atoms with Crippen molar-refractivity contribution in [2.45, 2.75) is 13.0 Å². The Balaban J connectivity index is 2.01. The number of aromatic amines is 1. The molecule has 0 bridgehead atoms.